The van der Waals surface area contributed by atoms with Gasteiger partial charge in [0.25, 0.3) is 0 Å². The summed E-state index contributed by atoms with van der Waals surface area (Å²) in [4.78, 5) is 16.0. The molecular weight excluding hydrogens is 272 g/mol. The van der Waals surface area contributed by atoms with Gasteiger partial charge in [0.2, 0.25) is 0 Å². The van der Waals surface area contributed by atoms with Crippen LogP contribution in [0.1, 0.15) is 46.6 Å². The zero-order chi connectivity index (χ0) is 14.1. The Bertz CT molecular complexity index is 634. The predicted octanol–water partition coefficient (Wildman–Crippen LogP) is 3.13. The van der Waals surface area contributed by atoms with E-state index in [-0.39, 0.29) is 0 Å². The van der Waals surface area contributed by atoms with Gasteiger partial charge in [-0.1, -0.05) is 29.8 Å². The van der Waals surface area contributed by atoms with Crippen molar-refractivity contribution in [3.05, 3.63) is 46.2 Å². The van der Waals surface area contributed by atoms with E-state index in [0.717, 1.165) is 29.8 Å². The lowest BCUT2D eigenvalue weighted by atomic mass is 9.99. The smallest absolute Gasteiger partial charge is 0.313 e. The standard InChI is InChI=1S/C15H16N2O2S/c1-9-3-2-4-10(7-9)8-12(15(18)19)14-16-13(17-20-14)11-5-6-11/h2-4,7,11-12H,5-6,8H2,1H3,(H,18,19). The second kappa shape index (κ2) is 5.32. The molecule has 1 N–H and O–H groups in total. The first-order valence-electron chi connectivity index (χ1n) is 6.75. The van der Waals surface area contributed by atoms with Gasteiger partial charge >= 0.3 is 5.97 Å². The highest BCUT2D eigenvalue weighted by Gasteiger charge is 2.31. The van der Waals surface area contributed by atoms with Crippen molar-refractivity contribution in [2.45, 2.75) is 38.0 Å². The Balaban J connectivity index is 1.82. The van der Waals surface area contributed by atoms with Gasteiger partial charge in [0, 0.05) is 5.92 Å². The highest BCUT2D eigenvalue weighted by Crippen LogP contribution is 2.39. The molecule has 0 saturated heterocycles. The molecule has 1 aromatic heterocycles. The van der Waals surface area contributed by atoms with Crippen molar-refractivity contribution in [2.24, 2.45) is 0 Å². The van der Waals surface area contributed by atoms with Gasteiger partial charge in [-0.25, -0.2) is 4.98 Å². The number of aromatic nitrogens is 2. The van der Waals surface area contributed by atoms with E-state index in [1.807, 2.05) is 31.2 Å². The zero-order valence-corrected chi connectivity index (χ0v) is 12.1. The third kappa shape index (κ3) is 2.88. The van der Waals surface area contributed by atoms with Crippen molar-refractivity contribution in [3.8, 4) is 0 Å². The van der Waals surface area contributed by atoms with Crippen molar-refractivity contribution in [2.75, 3.05) is 0 Å². The van der Waals surface area contributed by atoms with Crippen molar-refractivity contribution in [1.29, 1.82) is 0 Å². The summed E-state index contributed by atoms with van der Waals surface area (Å²) in [7, 11) is 0. The Morgan fingerprint density at radius 3 is 2.95 bits per heavy atom. The molecule has 1 aromatic carbocycles. The number of benzene rings is 1. The molecule has 1 unspecified atom stereocenters. The lowest BCUT2D eigenvalue weighted by Crippen LogP contribution is -2.14. The van der Waals surface area contributed by atoms with Gasteiger partial charge in [0.15, 0.2) is 0 Å². The van der Waals surface area contributed by atoms with E-state index in [4.69, 9.17) is 0 Å². The Morgan fingerprint density at radius 2 is 2.30 bits per heavy atom. The van der Waals surface area contributed by atoms with E-state index >= 15 is 0 Å². The normalized spacial score (nSPS) is 16.1. The summed E-state index contributed by atoms with van der Waals surface area (Å²) in [5.41, 5.74) is 2.17. The minimum Gasteiger partial charge on any atom is -0.481 e. The summed E-state index contributed by atoms with van der Waals surface area (Å²) in [5, 5.41) is 10.1. The Labute approximate surface area is 121 Å². The van der Waals surface area contributed by atoms with Crippen molar-refractivity contribution in [1.82, 2.24) is 9.36 Å². The maximum atomic E-state index is 11.5. The van der Waals surface area contributed by atoms with Crippen LogP contribution in [0.25, 0.3) is 0 Å². The number of hydrogen-bond donors (Lipinski definition) is 1. The van der Waals surface area contributed by atoms with E-state index in [9.17, 15) is 9.90 Å². The average Bonchev–Trinajstić information content (AvgIpc) is 3.14. The number of carbonyl (C=O) groups is 1. The molecule has 0 spiro atoms. The molecule has 2 aromatic rings. The first kappa shape index (κ1) is 13.2. The van der Waals surface area contributed by atoms with Crippen molar-refractivity contribution < 1.29 is 9.90 Å². The topological polar surface area (TPSA) is 63.1 Å². The first-order chi connectivity index (χ1) is 9.63. The van der Waals surface area contributed by atoms with Crippen LogP contribution in [-0.2, 0) is 11.2 Å². The Morgan fingerprint density at radius 1 is 1.50 bits per heavy atom. The Kier molecular flexibility index (Phi) is 3.53. The fourth-order valence-corrected chi connectivity index (χ4v) is 3.07. The van der Waals surface area contributed by atoms with Gasteiger partial charge in [0.05, 0.1) is 0 Å². The van der Waals surface area contributed by atoms with Gasteiger partial charge < -0.3 is 5.11 Å². The lowest BCUT2D eigenvalue weighted by Gasteiger charge is -2.09. The number of carboxylic acids is 1. The molecule has 5 heteroatoms. The largest absolute Gasteiger partial charge is 0.481 e. The molecule has 0 amide bonds. The van der Waals surface area contributed by atoms with Crippen LogP contribution >= 0.6 is 11.5 Å². The SMILES string of the molecule is Cc1cccc(CC(C(=O)O)c2nc(C3CC3)ns2)c1. The van der Waals surface area contributed by atoms with Crippen LogP contribution < -0.4 is 0 Å². The second-order valence-corrected chi connectivity index (χ2v) is 6.13. The monoisotopic (exact) mass is 288 g/mol. The first-order valence-corrected chi connectivity index (χ1v) is 7.52. The summed E-state index contributed by atoms with van der Waals surface area (Å²) >= 11 is 1.24. The molecule has 20 heavy (non-hydrogen) atoms. The quantitative estimate of drug-likeness (QED) is 0.918. The molecule has 1 fully saturated rings. The maximum Gasteiger partial charge on any atom is 0.313 e. The van der Waals surface area contributed by atoms with Crippen LogP contribution in [0.15, 0.2) is 24.3 Å². The van der Waals surface area contributed by atoms with Gasteiger partial charge in [-0.05, 0) is 43.3 Å². The number of rotatable bonds is 5. The fraction of sp³-hybridized carbons (Fsp3) is 0.400. The number of carboxylic acid groups (broad SMARTS) is 1. The molecule has 0 bridgehead atoms. The molecular formula is C15H16N2O2S. The van der Waals surface area contributed by atoms with Crippen LogP contribution in [0.3, 0.4) is 0 Å². The summed E-state index contributed by atoms with van der Waals surface area (Å²) < 4.78 is 4.31. The second-order valence-electron chi connectivity index (χ2n) is 5.35. The van der Waals surface area contributed by atoms with Gasteiger partial charge in [-0.15, -0.1) is 0 Å². The molecule has 104 valence electrons. The average molecular weight is 288 g/mol. The molecule has 1 heterocycles. The van der Waals surface area contributed by atoms with Crippen molar-refractivity contribution in [3.63, 3.8) is 0 Å². The number of nitrogens with zero attached hydrogens (tertiary/aromatic N) is 2. The van der Waals surface area contributed by atoms with Crippen molar-refractivity contribution >= 4 is 17.5 Å². The van der Waals surface area contributed by atoms with E-state index in [1.165, 1.54) is 11.5 Å². The number of aliphatic carboxylic acids is 1. The van der Waals surface area contributed by atoms with E-state index in [1.54, 1.807) is 0 Å². The van der Waals surface area contributed by atoms with Gasteiger partial charge in [-0.3, -0.25) is 4.79 Å². The van der Waals surface area contributed by atoms with Crippen LogP contribution in [-0.4, -0.2) is 20.4 Å². The number of hydrogen-bond acceptors (Lipinski definition) is 4. The highest BCUT2D eigenvalue weighted by molar-refractivity contribution is 7.05. The van der Waals surface area contributed by atoms with E-state index < -0.39 is 11.9 Å². The van der Waals surface area contributed by atoms with Crippen LogP contribution in [0, 0.1) is 6.92 Å². The summed E-state index contributed by atoms with van der Waals surface area (Å²) in [6, 6.07) is 7.96. The summed E-state index contributed by atoms with van der Waals surface area (Å²) in [6.45, 7) is 2.01. The third-order valence-electron chi connectivity index (χ3n) is 3.52. The molecule has 1 aliphatic rings. The number of aryl methyl sites for hydroxylation is 1. The Hall–Kier alpha value is -1.75. The fourth-order valence-electron chi connectivity index (χ4n) is 2.25. The predicted molar refractivity (Wildman–Crippen MR) is 77.1 cm³/mol. The zero-order valence-electron chi connectivity index (χ0n) is 11.2. The molecule has 1 atom stereocenters. The van der Waals surface area contributed by atoms with Gasteiger partial charge in [-0.2, -0.15) is 4.37 Å². The molecule has 4 nitrogen and oxygen atoms in total. The van der Waals surface area contributed by atoms with E-state index in [2.05, 4.69) is 9.36 Å². The van der Waals surface area contributed by atoms with Crippen LogP contribution in [0.5, 0.6) is 0 Å². The molecule has 0 radical (unpaired) electrons. The van der Waals surface area contributed by atoms with Crippen LogP contribution in [0.2, 0.25) is 0 Å². The molecule has 0 aliphatic heterocycles. The summed E-state index contributed by atoms with van der Waals surface area (Å²) in [5.74, 6) is -0.124. The maximum absolute atomic E-state index is 11.5. The van der Waals surface area contributed by atoms with Gasteiger partial charge in [0.1, 0.15) is 16.7 Å². The lowest BCUT2D eigenvalue weighted by molar-refractivity contribution is -0.138. The molecule has 1 aliphatic carbocycles. The minimum absolute atomic E-state index is 0.466. The van der Waals surface area contributed by atoms with Crippen LogP contribution in [0.4, 0.5) is 0 Å². The van der Waals surface area contributed by atoms with E-state index in [0.29, 0.717) is 17.3 Å². The molecule has 3 rings (SSSR count). The third-order valence-corrected chi connectivity index (χ3v) is 4.36. The molecule has 1 saturated carbocycles. The summed E-state index contributed by atoms with van der Waals surface area (Å²) in [6.07, 6.45) is 2.73. The minimum atomic E-state index is -0.829. The highest BCUT2D eigenvalue weighted by atomic mass is 32.1.